The fourth-order valence-electron chi connectivity index (χ4n) is 2.52. The summed E-state index contributed by atoms with van der Waals surface area (Å²) in [5.41, 5.74) is -0.617. The maximum absolute atomic E-state index is 11.8. The van der Waals surface area contributed by atoms with Crippen LogP contribution in [0.25, 0.3) is 11.2 Å². The summed E-state index contributed by atoms with van der Waals surface area (Å²) in [6.45, 7) is -0.860. The van der Waals surface area contributed by atoms with E-state index >= 15 is 0 Å². The third-order valence-electron chi connectivity index (χ3n) is 3.64. The number of hydrogen-bond donors (Lipinski definition) is 6. The van der Waals surface area contributed by atoms with Crippen LogP contribution in [0.4, 0.5) is 0 Å². The molecule has 2 aromatic heterocycles. The molecule has 15 nitrogen and oxygen atoms in total. The normalized spacial score (nSPS) is 27.9. The predicted octanol–water partition coefficient (Wildman–Crippen LogP) is -1.27. The van der Waals surface area contributed by atoms with Gasteiger partial charge < -0.3 is 34.6 Å². The molecule has 1 saturated heterocycles. The number of phosphoric acid groups is 2. The predicted molar refractivity (Wildman–Crippen MR) is 90.7 cm³/mol. The Balaban J connectivity index is 1.81. The maximum atomic E-state index is 11.8. The van der Waals surface area contributed by atoms with Crippen molar-refractivity contribution in [1.29, 1.82) is 0 Å². The summed E-state index contributed by atoms with van der Waals surface area (Å²) in [4.78, 5) is 48.4. The molecule has 6 N–H and O–H groups in total. The Morgan fingerprint density at radius 3 is 2.61 bits per heavy atom. The zero-order valence-corrected chi connectivity index (χ0v) is 16.8. The Labute approximate surface area is 162 Å². The van der Waals surface area contributed by atoms with E-state index in [1.54, 1.807) is 0 Å². The fraction of sp³-hybridized carbons (Fsp3) is 0.500. The van der Waals surface area contributed by atoms with Gasteiger partial charge in [-0.05, 0) is 15.9 Å². The monoisotopic (exact) mass is 506 g/mol. The van der Waals surface area contributed by atoms with Crippen LogP contribution in [-0.2, 0) is 22.7 Å². The first kappa shape index (κ1) is 21.7. The zero-order chi connectivity index (χ0) is 20.9. The smallest absolute Gasteiger partial charge is 0.387 e. The summed E-state index contributed by atoms with van der Waals surface area (Å²) in [6, 6.07) is 0. The molecule has 2 aromatic rings. The van der Waals surface area contributed by atoms with Gasteiger partial charge in [0, 0.05) is 0 Å². The van der Waals surface area contributed by atoms with Crippen LogP contribution in [0.5, 0.6) is 0 Å². The van der Waals surface area contributed by atoms with Crippen LogP contribution in [-0.4, -0.2) is 69.3 Å². The van der Waals surface area contributed by atoms with Gasteiger partial charge in [-0.25, -0.2) is 19.1 Å². The van der Waals surface area contributed by atoms with E-state index in [1.165, 1.54) is 4.57 Å². The van der Waals surface area contributed by atoms with Gasteiger partial charge >= 0.3 is 15.6 Å². The molecular formula is C10H13BrN4O11P2. The lowest BCUT2D eigenvalue weighted by Crippen LogP contribution is -2.33. The van der Waals surface area contributed by atoms with E-state index in [1.807, 2.05) is 0 Å². The molecule has 3 heterocycles. The number of nitrogens with zero attached hydrogens (tertiary/aromatic N) is 3. The lowest BCUT2D eigenvalue weighted by atomic mass is 10.1. The number of aliphatic hydroxyl groups is 2. The number of halogens is 1. The minimum absolute atomic E-state index is 0.0195. The van der Waals surface area contributed by atoms with Crippen molar-refractivity contribution in [3.05, 3.63) is 21.4 Å². The average molecular weight is 507 g/mol. The van der Waals surface area contributed by atoms with E-state index in [-0.39, 0.29) is 15.9 Å². The van der Waals surface area contributed by atoms with E-state index in [0.717, 1.165) is 6.33 Å². The number of phosphoric ester groups is 1. The number of fused-ring (bicyclic) bond motifs is 1. The van der Waals surface area contributed by atoms with Gasteiger partial charge in [-0.3, -0.25) is 13.9 Å². The number of nitrogens with one attached hydrogen (secondary N) is 1. The molecule has 0 saturated carbocycles. The third kappa shape index (κ3) is 4.42. The van der Waals surface area contributed by atoms with Crippen molar-refractivity contribution in [2.24, 2.45) is 0 Å². The number of rotatable bonds is 6. The average Bonchev–Trinajstić information content (AvgIpc) is 3.02. The Morgan fingerprint density at radius 2 is 1.96 bits per heavy atom. The van der Waals surface area contributed by atoms with Crippen LogP contribution < -0.4 is 5.56 Å². The van der Waals surface area contributed by atoms with Crippen molar-refractivity contribution in [1.82, 2.24) is 19.5 Å². The second kappa shape index (κ2) is 7.66. The second-order valence-electron chi connectivity index (χ2n) is 5.54. The molecule has 0 amide bonds. The number of hydrogen-bond acceptors (Lipinski definition) is 10. The molecule has 3 rings (SSSR count). The van der Waals surface area contributed by atoms with Crippen LogP contribution in [0.2, 0.25) is 0 Å². The number of H-pyrrole nitrogens is 1. The molecule has 1 unspecified atom stereocenters. The molecule has 0 bridgehead atoms. The summed E-state index contributed by atoms with van der Waals surface area (Å²) >= 11 is 3.09. The maximum Gasteiger partial charge on any atom is 0.481 e. The molecule has 0 aromatic carbocycles. The van der Waals surface area contributed by atoms with Gasteiger partial charge in [-0.2, -0.15) is 4.31 Å². The Bertz CT molecular complexity index is 1040. The molecule has 18 heteroatoms. The topological polar surface area (TPSA) is 227 Å². The van der Waals surface area contributed by atoms with Crippen molar-refractivity contribution in [3.63, 3.8) is 0 Å². The van der Waals surface area contributed by atoms with Crippen LogP contribution in [0.3, 0.4) is 0 Å². The highest BCUT2D eigenvalue weighted by molar-refractivity contribution is 9.10. The number of ether oxygens (including phenoxy) is 1. The quantitative estimate of drug-likeness (QED) is 0.198. The zero-order valence-electron chi connectivity index (χ0n) is 13.4. The van der Waals surface area contributed by atoms with Gasteiger partial charge in [0.05, 0.1) is 12.9 Å². The van der Waals surface area contributed by atoms with Crippen LogP contribution in [0.15, 0.2) is 15.9 Å². The molecular weight excluding hydrogens is 494 g/mol. The van der Waals surface area contributed by atoms with Gasteiger partial charge in [-0.15, -0.1) is 0 Å². The highest BCUT2D eigenvalue weighted by Gasteiger charge is 2.46. The Kier molecular flexibility index (Phi) is 5.93. The minimum atomic E-state index is -5.32. The van der Waals surface area contributed by atoms with Gasteiger partial charge in [-0.1, -0.05) is 0 Å². The molecule has 5 atom stereocenters. The van der Waals surface area contributed by atoms with Gasteiger partial charge in [0.2, 0.25) is 0 Å². The van der Waals surface area contributed by atoms with Gasteiger partial charge in [0.15, 0.2) is 22.1 Å². The summed E-state index contributed by atoms with van der Waals surface area (Å²) in [5.74, 6) is 0. The first-order valence-electron chi connectivity index (χ1n) is 7.26. The largest absolute Gasteiger partial charge is 0.481 e. The van der Waals surface area contributed by atoms with Crippen LogP contribution in [0.1, 0.15) is 6.23 Å². The highest BCUT2D eigenvalue weighted by Crippen LogP contribution is 2.57. The second-order valence-corrected chi connectivity index (χ2v) is 9.08. The highest BCUT2D eigenvalue weighted by atomic mass is 79.9. The molecule has 0 radical (unpaired) electrons. The number of imidazole rings is 1. The van der Waals surface area contributed by atoms with Gasteiger partial charge in [0.1, 0.15) is 18.3 Å². The molecule has 1 aliphatic heterocycles. The van der Waals surface area contributed by atoms with E-state index < -0.39 is 52.4 Å². The van der Waals surface area contributed by atoms with Crippen molar-refractivity contribution in [3.8, 4) is 0 Å². The third-order valence-corrected chi connectivity index (χ3v) is 6.35. The lowest BCUT2D eigenvalue weighted by Gasteiger charge is -2.18. The van der Waals surface area contributed by atoms with Crippen molar-refractivity contribution in [2.75, 3.05) is 6.61 Å². The molecule has 0 aliphatic carbocycles. The molecule has 1 aliphatic rings. The van der Waals surface area contributed by atoms with Gasteiger partial charge in [0.25, 0.3) is 5.56 Å². The van der Waals surface area contributed by atoms with Crippen molar-refractivity contribution < 1.29 is 47.6 Å². The van der Waals surface area contributed by atoms with E-state index in [2.05, 4.69) is 39.7 Å². The van der Waals surface area contributed by atoms with Crippen molar-refractivity contribution >= 4 is 42.7 Å². The van der Waals surface area contributed by atoms with E-state index in [9.17, 15) is 29.0 Å². The summed E-state index contributed by atoms with van der Waals surface area (Å²) in [5, 5.41) is 20.4. The first-order valence-corrected chi connectivity index (χ1v) is 11.1. The molecule has 28 heavy (non-hydrogen) atoms. The molecule has 0 spiro atoms. The summed E-state index contributed by atoms with van der Waals surface area (Å²) < 4.78 is 36.8. The van der Waals surface area contributed by atoms with Crippen LogP contribution in [0, 0.1) is 0 Å². The van der Waals surface area contributed by atoms with E-state index in [0.29, 0.717) is 0 Å². The first-order chi connectivity index (χ1) is 12.9. The number of aromatic amines is 1. The minimum Gasteiger partial charge on any atom is -0.387 e. The standard InChI is InChI=1S/C10H13BrN4O11P2/c11-10-14-4-7(12-2-13-8(4)18)15(10)9-6(17)5(16)3(25-9)1-24-28(22,23)26-27(19,20)21/h2-3,5-6,9,16-17H,1H2,(H,22,23)(H,12,13,18)(H2,19,20,21)/t3-,5+,6+,9-/m0/s1. The summed E-state index contributed by atoms with van der Waals surface area (Å²) in [6.07, 6.45) is -4.85. The van der Waals surface area contributed by atoms with Crippen molar-refractivity contribution in [2.45, 2.75) is 24.5 Å². The molecule has 156 valence electrons. The summed E-state index contributed by atoms with van der Waals surface area (Å²) in [7, 11) is -10.5. The number of aromatic nitrogens is 4. The fourth-order valence-corrected chi connectivity index (χ4v) is 4.67. The lowest BCUT2D eigenvalue weighted by molar-refractivity contribution is -0.0513. The number of aliphatic hydroxyl groups excluding tert-OH is 2. The van der Waals surface area contributed by atoms with Crippen LogP contribution >= 0.6 is 31.6 Å². The van der Waals surface area contributed by atoms with E-state index in [4.69, 9.17) is 14.5 Å². The molecule has 1 fully saturated rings. The Hall–Kier alpha value is -1.03. The Morgan fingerprint density at radius 1 is 1.29 bits per heavy atom. The SMILES string of the molecule is O=c1[nH]cnc2c1nc(Br)n2[C@H]1O[C@@H](COP(=O)(O)OP(=O)(O)O)[C@@H](O)[C@H]1O.